The zero-order chi connectivity index (χ0) is 9.53. The lowest BCUT2D eigenvalue weighted by atomic mass is 9.71. The molecule has 1 saturated carbocycles. The van der Waals surface area contributed by atoms with E-state index in [9.17, 15) is 0 Å². The van der Waals surface area contributed by atoms with Crippen molar-refractivity contribution >= 4 is 0 Å². The first-order valence-electron chi connectivity index (χ1n) is 5.56. The third-order valence-corrected chi connectivity index (χ3v) is 4.37. The molecule has 2 fully saturated rings. The van der Waals surface area contributed by atoms with Gasteiger partial charge in [-0.05, 0) is 18.8 Å². The number of hydrogen-bond donors (Lipinski definition) is 2. The average molecular weight is 182 g/mol. The smallest absolute Gasteiger partial charge is 0.0251 e. The fraction of sp³-hybridized carbons (Fsp3) is 1.00. The summed E-state index contributed by atoms with van der Waals surface area (Å²) < 4.78 is 0. The van der Waals surface area contributed by atoms with Crippen LogP contribution in [0.15, 0.2) is 0 Å². The van der Waals surface area contributed by atoms with Gasteiger partial charge in [-0.2, -0.15) is 0 Å². The van der Waals surface area contributed by atoms with E-state index in [1.807, 2.05) is 0 Å². The molecule has 0 bridgehead atoms. The quantitative estimate of drug-likeness (QED) is 0.640. The summed E-state index contributed by atoms with van der Waals surface area (Å²) in [5, 5.41) is 7.29. The Bertz CT molecular complexity index is 196. The van der Waals surface area contributed by atoms with Gasteiger partial charge in [0, 0.05) is 30.6 Å². The van der Waals surface area contributed by atoms with Crippen LogP contribution in [0, 0.1) is 11.3 Å². The summed E-state index contributed by atoms with van der Waals surface area (Å²) in [5.74, 6) is 0.758. The molecule has 1 atom stereocenters. The predicted molar refractivity (Wildman–Crippen MR) is 55.8 cm³/mol. The van der Waals surface area contributed by atoms with E-state index in [1.165, 1.54) is 19.4 Å². The normalized spacial score (nSPS) is 37.8. The SMILES string of the molecule is CC(C)C1(C)CNCCNC12CC2. The minimum absolute atomic E-state index is 0.448. The van der Waals surface area contributed by atoms with E-state index in [0.717, 1.165) is 19.0 Å². The third-order valence-electron chi connectivity index (χ3n) is 4.37. The predicted octanol–water partition coefficient (Wildman–Crippen LogP) is 1.37. The maximum Gasteiger partial charge on any atom is 0.0251 e. The minimum Gasteiger partial charge on any atom is -0.315 e. The van der Waals surface area contributed by atoms with E-state index in [4.69, 9.17) is 0 Å². The molecule has 0 aromatic carbocycles. The van der Waals surface area contributed by atoms with E-state index in [-0.39, 0.29) is 0 Å². The van der Waals surface area contributed by atoms with Crippen molar-refractivity contribution in [1.82, 2.24) is 10.6 Å². The first kappa shape index (κ1) is 9.47. The Balaban J connectivity index is 2.21. The maximum atomic E-state index is 3.74. The summed E-state index contributed by atoms with van der Waals surface area (Å²) in [7, 11) is 0. The standard InChI is InChI=1S/C11H22N2/c1-9(2)10(3)8-12-6-7-13-11(10)4-5-11/h9,12-13H,4-8H2,1-3H3. The molecule has 1 aliphatic heterocycles. The van der Waals surface area contributed by atoms with Gasteiger partial charge in [0.1, 0.15) is 0 Å². The minimum atomic E-state index is 0.448. The first-order valence-corrected chi connectivity index (χ1v) is 5.56. The molecular weight excluding hydrogens is 160 g/mol. The number of hydrogen-bond acceptors (Lipinski definition) is 2. The van der Waals surface area contributed by atoms with E-state index in [0.29, 0.717) is 11.0 Å². The van der Waals surface area contributed by atoms with Gasteiger partial charge < -0.3 is 10.6 Å². The highest BCUT2D eigenvalue weighted by Crippen LogP contribution is 2.53. The van der Waals surface area contributed by atoms with Crippen LogP contribution >= 0.6 is 0 Å². The monoisotopic (exact) mass is 182 g/mol. The molecule has 1 spiro atoms. The summed E-state index contributed by atoms with van der Waals surface area (Å²) in [6, 6.07) is 0. The molecule has 76 valence electrons. The Hall–Kier alpha value is -0.0800. The molecule has 2 N–H and O–H groups in total. The summed E-state index contributed by atoms with van der Waals surface area (Å²) in [6.07, 6.45) is 2.76. The average Bonchev–Trinajstić information content (AvgIpc) is 2.85. The zero-order valence-corrected chi connectivity index (χ0v) is 9.11. The van der Waals surface area contributed by atoms with Crippen molar-refractivity contribution < 1.29 is 0 Å². The number of nitrogens with one attached hydrogen (secondary N) is 2. The lowest BCUT2D eigenvalue weighted by Gasteiger charge is -2.41. The second-order valence-corrected chi connectivity index (χ2v) is 5.26. The second-order valence-electron chi connectivity index (χ2n) is 5.26. The Morgan fingerprint density at radius 1 is 1.15 bits per heavy atom. The van der Waals surface area contributed by atoms with Crippen LogP contribution in [-0.4, -0.2) is 25.2 Å². The van der Waals surface area contributed by atoms with Gasteiger partial charge in [0.25, 0.3) is 0 Å². The Kier molecular flexibility index (Phi) is 2.16. The van der Waals surface area contributed by atoms with Gasteiger partial charge in [-0.25, -0.2) is 0 Å². The lowest BCUT2D eigenvalue weighted by molar-refractivity contribution is 0.136. The summed E-state index contributed by atoms with van der Waals surface area (Å²) in [6.45, 7) is 10.6. The molecule has 0 aromatic rings. The van der Waals surface area contributed by atoms with E-state index in [2.05, 4.69) is 31.4 Å². The topological polar surface area (TPSA) is 24.1 Å². The van der Waals surface area contributed by atoms with Crippen molar-refractivity contribution in [1.29, 1.82) is 0 Å². The molecule has 13 heavy (non-hydrogen) atoms. The molecule has 2 aliphatic rings. The second kappa shape index (κ2) is 2.96. The van der Waals surface area contributed by atoms with Crippen molar-refractivity contribution in [2.24, 2.45) is 11.3 Å². The summed E-state index contributed by atoms with van der Waals surface area (Å²) >= 11 is 0. The van der Waals surface area contributed by atoms with Crippen molar-refractivity contribution in [3.05, 3.63) is 0 Å². The van der Waals surface area contributed by atoms with Gasteiger partial charge in [0.05, 0.1) is 0 Å². The van der Waals surface area contributed by atoms with Crippen LogP contribution in [0.25, 0.3) is 0 Å². The Labute approximate surface area is 81.5 Å². The van der Waals surface area contributed by atoms with Gasteiger partial charge in [-0.3, -0.25) is 0 Å². The van der Waals surface area contributed by atoms with Crippen LogP contribution in [0.4, 0.5) is 0 Å². The molecular formula is C11H22N2. The maximum absolute atomic E-state index is 3.74. The molecule has 2 heteroatoms. The fourth-order valence-corrected chi connectivity index (χ4v) is 2.74. The van der Waals surface area contributed by atoms with E-state index < -0.39 is 0 Å². The van der Waals surface area contributed by atoms with Crippen molar-refractivity contribution in [3.63, 3.8) is 0 Å². The van der Waals surface area contributed by atoms with Gasteiger partial charge in [-0.15, -0.1) is 0 Å². The third kappa shape index (κ3) is 1.31. The van der Waals surface area contributed by atoms with Crippen molar-refractivity contribution in [3.8, 4) is 0 Å². The molecule has 2 nitrogen and oxygen atoms in total. The molecule has 1 heterocycles. The van der Waals surface area contributed by atoms with Crippen LogP contribution in [-0.2, 0) is 0 Å². The van der Waals surface area contributed by atoms with Gasteiger partial charge in [-0.1, -0.05) is 20.8 Å². The van der Waals surface area contributed by atoms with Gasteiger partial charge in [0.15, 0.2) is 0 Å². The van der Waals surface area contributed by atoms with Gasteiger partial charge >= 0.3 is 0 Å². The summed E-state index contributed by atoms with van der Waals surface area (Å²) in [5.41, 5.74) is 0.925. The molecule has 0 amide bonds. The van der Waals surface area contributed by atoms with Crippen LogP contribution in [0.3, 0.4) is 0 Å². The van der Waals surface area contributed by atoms with E-state index in [1.54, 1.807) is 0 Å². The van der Waals surface area contributed by atoms with Gasteiger partial charge in [0.2, 0.25) is 0 Å². The fourth-order valence-electron chi connectivity index (χ4n) is 2.74. The zero-order valence-electron chi connectivity index (χ0n) is 9.11. The summed E-state index contributed by atoms with van der Waals surface area (Å²) in [4.78, 5) is 0. The van der Waals surface area contributed by atoms with Crippen LogP contribution in [0.1, 0.15) is 33.6 Å². The lowest BCUT2D eigenvalue weighted by Crippen LogP contribution is -2.50. The van der Waals surface area contributed by atoms with E-state index >= 15 is 0 Å². The molecule has 1 unspecified atom stereocenters. The molecule has 1 saturated heterocycles. The largest absolute Gasteiger partial charge is 0.315 e. The highest BCUT2D eigenvalue weighted by Gasteiger charge is 2.57. The number of rotatable bonds is 1. The Morgan fingerprint density at radius 2 is 1.85 bits per heavy atom. The van der Waals surface area contributed by atoms with Crippen LogP contribution < -0.4 is 10.6 Å². The van der Waals surface area contributed by atoms with Crippen LogP contribution in [0.5, 0.6) is 0 Å². The first-order chi connectivity index (χ1) is 6.11. The Morgan fingerprint density at radius 3 is 2.38 bits per heavy atom. The highest BCUT2D eigenvalue weighted by atomic mass is 15.1. The molecule has 0 aromatic heterocycles. The van der Waals surface area contributed by atoms with Crippen LogP contribution in [0.2, 0.25) is 0 Å². The highest BCUT2D eigenvalue weighted by molar-refractivity contribution is 5.15. The molecule has 0 radical (unpaired) electrons. The van der Waals surface area contributed by atoms with Crippen molar-refractivity contribution in [2.75, 3.05) is 19.6 Å². The van der Waals surface area contributed by atoms with Crippen molar-refractivity contribution in [2.45, 2.75) is 39.2 Å². The molecule has 2 rings (SSSR count). The molecule has 1 aliphatic carbocycles.